The number of nitrogens with zero attached hydrogens (tertiary/aromatic N) is 2. The van der Waals surface area contributed by atoms with Crippen molar-refractivity contribution < 1.29 is 13.6 Å². The predicted octanol–water partition coefficient (Wildman–Crippen LogP) is 5.41. The number of carbonyl (C=O) groups is 1. The SMILES string of the molecule is Cc1nc(N2C(=O)c3oc4ccc(Cl)cc4c(=O)c3C2c2cccc(F)c2)sc1C. The minimum Gasteiger partial charge on any atom is -0.450 e. The standard InChI is InChI=1S/C22H14ClFN2O3S/c1-10-11(2)30-22(25-10)26-18(12-4-3-5-14(24)8-12)17-19(27)15-9-13(23)6-7-16(15)29-20(17)21(26)28/h3-9,18H,1-2H3. The number of fused-ring (bicyclic) bond motifs is 2. The van der Waals surface area contributed by atoms with E-state index in [-0.39, 0.29) is 27.7 Å². The largest absolute Gasteiger partial charge is 0.450 e. The molecule has 8 heteroatoms. The molecule has 1 aliphatic rings. The molecule has 0 aliphatic carbocycles. The maximum Gasteiger partial charge on any atom is 0.297 e. The van der Waals surface area contributed by atoms with Crippen LogP contribution in [0.1, 0.15) is 38.3 Å². The van der Waals surface area contributed by atoms with E-state index < -0.39 is 17.8 Å². The van der Waals surface area contributed by atoms with Gasteiger partial charge in [-0.05, 0) is 49.7 Å². The number of hydrogen-bond acceptors (Lipinski definition) is 5. The van der Waals surface area contributed by atoms with Crippen molar-refractivity contribution in [3.8, 4) is 0 Å². The van der Waals surface area contributed by atoms with Crippen LogP contribution in [0.5, 0.6) is 0 Å². The van der Waals surface area contributed by atoms with Crippen molar-refractivity contribution >= 4 is 44.9 Å². The fourth-order valence-electron chi connectivity index (χ4n) is 3.69. The third kappa shape index (κ3) is 2.77. The summed E-state index contributed by atoms with van der Waals surface area (Å²) in [4.78, 5) is 33.7. The zero-order valence-corrected chi connectivity index (χ0v) is 17.5. The summed E-state index contributed by atoms with van der Waals surface area (Å²) >= 11 is 7.41. The third-order valence-corrected chi connectivity index (χ3v) is 6.53. The van der Waals surface area contributed by atoms with Gasteiger partial charge < -0.3 is 4.42 Å². The zero-order valence-electron chi connectivity index (χ0n) is 15.9. The summed E-state index contributed by atoms with van der Waals surface area (Å²) in [7, 11) is 0. The van der Waals surface area contributed by atoms with E-state index in [4.69, 9.17) is 16.0 Å². The highest BCUT2D eigenvalue weighted by molar-refractivity contribution is 7.15. The fraction of sp³-hybridized carbons (Fsp3) is 0.136. The van der Waals surface area contributed by atoms with Crippen LogP contribution in [0.3, 0.4) is 0 Å². The Balaban J connectivity index is 1.84. The molecule has 1 amide bonds. The van der Waals surface area contributed by atoms with Crippen molar-refractivity contribution in [2.45, 2.75) is 19.9 Å². The fourth-order valence-corrected chi connectivity index (χ4v) is 4.80. The topological polar surface area (TPSA) is 63.4 Å². The lowest BCUT2D eigenvalue weighted by Gasteiger charge is -2.22. The molecule has 0 bridgehead atoms. The van der Waals surface area contributed by atoms with E-state index in [9.17, 15) is 14.0 Å². The lowest BCUT2D eigenvalue weighted by Crippen LogP contribution is -2.29. The highest BCUT2D eigenvalue weighted by Gasteiger charge is 2.45. The summed E-state index contributed by atoms with van der Waals surface area (Å²) < 4.78 is 19.9. The molecule has 0 fully saturated rings. The van der Waals surface area contributed by atoms with Gasteiger partial charge in [-0.3, -0.25) is 14.5 Å². The Kier molecular flexibility index (Phi) is 4.27. The second-order valence-electron chi connectivity index (χ2n) is 7.09. The zero-order chi connectivity index (χ0) is 21.2. The number of aromatic nitrogens is 1. The number of thiazole rings is 1. The second kappa shape index (κ2) is 6.75. The summed E-state index contributed by atoms with van der Waals surface area (Å²) in [5.41, 5.74) is 1.30. The molecule has 4 aromatic rings. The van der Waals surface area contributed by atoms with Crippen molar-refractivity contribution in [2.24, 2.45) is 0 Å². The highest BCUT2D eigenvalue weighted by Crippen LogP contribution is 2.43. The van der Waals surface area contributed by atoms with E-state index >= 15 is 0 Å². The monoisotopic (exact) mass is 440 g/mol. The van der Waals surface area contributed by atoms with Crippen molar-refractivity contribution in [3.05, 3.63) is 91.0 Å². The van der Waals surface area contributed by atoms with E-state index in [2.05, 4.69) is 4.98 Å². The Bertz CT molecular complexity index is 1390. The molecule has 1 atom stereocenters. The van der Waals surface area contributed by atoms with E-state index in [1.165, 1.54) is 34.4 Å². The van der Waals surface area contributed by atoms with Crippen LogP contribution in [0.4, 0.5) is 9.52 Å². The average Bonchev–Trinajstić information content (AvgIpc) is 3.19. The van der Waals surface area contributed by atoms with E-state index in [0.717, 1.165) is 10.6 Å². The predicted molar refractivity (Wildman–Crippen MR) is 114 cm³/mol. The molecule has 0 spiro atoms. The van der Waals surface area contributed by atoms with Crippen molar-refractivity contribution in [3.63, 3.8) is 0 Å². The lowest BCUT2D eigenvalue weighted by molar-refractivity contribution is 0.0971. The molecule has 30 heavy (non-hydrogen) atoms. The summed E-state index contributed by atoms with van der Waals surface area (Å²) in [6, 6.07) is 9.66. The first-order chi connectivity index (χ1) is 14.3. The van der Waals surface area contributed by atoms with Crippen LogP contribution in [0.15, 0.2) is 51.7 Å². The van der Waals surface area contributed by atoms with E-state index in [0.29, 0.717) is 15.7 Å². The van der Waals surface area contributed by atoms with Gasteiger partial charge in [0.2, 0.25) is 5.76 Å². The molecular weight excluding hydrogens is 427 g/mol. The third-order valence-electron chi connectivity index (χ3n) is 5.22. The molecule has 150 valence electrons. The van der Waals surface area contributed by atoms with Crippen molar-refractivity contribution in [1.29, 1.82) is 0 Å². The number of amides is 1. The van der Waals surface area contributed by atoms with E-state index in [1.807, 2.05) is 13.8 Å². The molecule has 0 saturated carbocycles. The van der Waals surface area contributed by atoms with E-state index in [1.54, 1.807) is 24.3 Å². The van der Waals surface area contributed by atoms with Crippen molar-refractivity contribution in [1.82, 2.24) is 4.98 Å². The molecular formula is C22H14ClFN2O3S. The molecule has 0 radical (unpaired) electrons. The lowest BCUT2D eigenvalue weighted by atomic mass is 9.98. The molecule has 1 unspecified atom stereocenters. The number of hydrogen-bond donors (Lipinski definition) is 0. The Hall–Kier alpha value is -3.03. The number of rotatable bonds is 2. The smallest absolute Gasteiger partial charge is 0.297 e. The average molecular weight is 441 g/mol. The van der Waals surface area contributed by atoms with Gasteiger partial charge in [0.1, 0.15) is 11.4 Å². The summed E-state index contributed by atoms with van der Waals surface area (Å²) in [5, 5.41) is 1.07. The van der Waals surface area contributed by atoms with Gasteiger partial charge in [0.25, 0.3) is 5.91 Å². The van der Waals surface area contributed by atoms with Gasteiger partial charge in [-0.2, -0.15) is 0 Å². The van der Waals surface area contributed by atoms with Crippen LogP contribution in [0.2, 0.25) is 5.02 Å². The van der Waals surface area contributed by atoms with Crippen LogP contribution in [-0.2, 0) is 0 Å². The molecule has 5 nitrogen and oxygen atoms in total. The highest BCUT2D eigenvalue weighted by atomic mass is 35.5. The number of carbonyl (C=O) groups excluding carboxylic acids is 1. The van der Waals surface area contributed by atoms with Gasteiger partial charge in [-0.15, -0.1) is 11.3 Å². The molecule has 1 aliphatic heterocycles. The molecule has 2 aromatic carbocycles. The van der Waals surface area contributed by atoms with Crippen LogP contribution in [-0.4, -0.2) is 10.9 Å². The Labute approximate surface area is 179 Å². The normalized spacial score (nSPS) is 15.8. The first-order valence-electron chi connectivity index (χ1n) is 9.14. The molecule has 0 saturated heterocycles. The quantitative estimate of drug-likeness (QED) is 0.418. The van der Waals surface area contributed by atoms with Gasteiger partial charge >= 0.3 is 0 Å². The van der Waals surface area contributed by atoms with Gasteiger partial charge in [0.05, 0.1) is 22.7 Å². The Morgan fingerprint density at radius 3 is 2.67 bits per heavy atom. The van der Waals surface area contributed by atoms with Gasteiger partial charge in [-0.25, -0.2) is 9.37 Å². The molecule has 3 heterocycles. The summed E-state index contributed by atoms with van der Waals surface area (Å²) in [6.07, 6.45) is 0. The van der Waals surface area contributed by atoms with Crippen LogP contribution < -0.4 is 10.3 Å². The second-order valence-corrected chi connectivity index (χ2v) is 8.70. The first-order valence-corrected chi connectivity index (χ1v) is 10.3. The van der Waals surface area contributed by atoms with Gasteiger partial charge in [0, 0.05) is 9.90 Å². The number of benzene rings is 2. The van der Waals surface area contributed by atoms with Gasteiger partial charge in [-0.1, -0.05) is 23.7 Å². The van der Waals surface area contributed by atoms with Crippen molar-refractivity contribution in [2.75, 3.05) is 4.90 Å². The Morgan fingerprint density at radius 2 is 1.97 bits per heavy atom. The Morgan fingerprint density at radius 1 is 1.17 bits per heavy atom. The maximum absolute atomic E-state index is 14.1. The first kappa shape index (κ1) is 19.0. The van der Waals surface area contributed by atoms with Crippen LogP contribution >= 0.6 is 22.9 Å². The summed E-state index contributed by atoms with van der Waals surface area (Å²) in [5.74, 6) is -1.01. The number of anilines is 1. The van der Waals surface area contributed by atoms with Gasteiger partial charge in [0.15, 0.2) is 10.6 Å². The number of aryl methyl sites for hydroxylation is 2. The molecule has 2 aromatic heterocycles. The van der Waals surface area contributed by atoms with Crippen LogP contribution in [0, 0.1) is 19.7 Å². The molecule has 5 rings (SSSR count). The maximum atomic E-state index is 14.1. The summed E-state index contributed by atoms with van der Waals surface area (Å²) in [6.45, 7) is 3.75. The van der Waals surface area contributed by atoms with Crippen LogP contribution in [0.25, 0.3) is 11.0 Å². The number of halogens is 2. The molecule has 0 N–H and O–H groups in total. The minimum absolute atomic E-state index is 0.0606. The minimum atomic E-state index is -0.854.